The Kier molecular flexibility index (Phi) is 6.09. The summed E-state index contributed by atoms with van der Waals surface area (Å²) >= 11 is 7.69. The molecule has 0 saturated carbocycles. The summed E-state index contributed by atoms with van der Waals surface area (Å²) in [6.07, 6.45) is 0.168. The van der Waals surface area contributed by atoms with Crippen molar-refractivity contribution in [1.29, 1.82) is 0 Å². The van der Waals surface area contributed by atoms with Gasteiger partial charge < -0.3 is 9.64 Å². The minimum absolute atomic E-state index is 0.0702. The van der Waals surface area contributed by atoms with E-state index in [0.717, 1.165) is 16.9 Å². The van der Waals surface area contributed by atoms with E-state index >= 15 is 0 Å². The average molecular weight is 465 g/mol. The minimum Gasteiger partial charge on any atom is -0.497 e. The molecule has 158 valence electrons. The lowest BCUT2D eigenvalue weighted by Gasteiger charge is -2.25. The Morgan fingerprint density at radius 3 is 2.63 bits per heavy atom. The molecule has 0 N–H and O–H groups in total. The summed E-state index contributed by atoms with van der Waals surface area (Å²) in [6.45, 7) is 0.415. The van der Waals surface area contributed by atoms with E-state index in [-0.39, 0.29) is 35.1 Å². The molecule has 2 aliphatic rings. The van der Waals surface area contributed by atoms with Crippen molar-refractivity contribution in [2.24, 2.45) is 4.99 Å². The van der Waals surface area contributed by atoms with E-state index in [2.05, 4.69) is 4.99 Å². The van der Waals surface area contributed by atoms with Crippen molar-refractivity contribution in [1.82, 2.24) is 4.90 Å². The number of hydrogen-bond donors (Lipinski definition) is 0. The number of carbonyl (C=O) groups is 1. The van der Waals surface area contributed by atoms with Crippen LogP contribution in [0.25, 0.3) is 0 Å². The zero-order valence-electron chi connectivity index (χ0n) is 16.3. The highest BCUT2D eigenvalue weighted by Gasteiger charge is 2.48. The average Bonchev–Trinajstić information content (AvgIpc) is 3.16. The van der Waals surface area contributed by atoms with Gasteiger partial charge in [-0.15, -0.1) is 0 Å². The number of methoxy groups -OCH3 is 1. The molecule has 2 unspecified atom stereocenters. The highest BCUT2D eigenvalue weighted by atomic mass is 35.5. The van der Waals surface area contributed by atoms with Gasteiger partial charge in [-0.25, -0.2) is 8.42 Å². The van der Waals surface area contributed by atoms with Gasteiger partial charge in [0.15, 0.2) is 15.0 Å². The highest BCUT2D eigenvalue weighted by molar-refractivity contribution is 8.15. The lowest BCUT2D eigenvalue weighted by Crippen LogP contribution is -2.37. The molecule has 2 aliphatic heterocycles. The maximum absolute atomic E-state index is 12.6. The number of thioether (sulfide) groups is 1. The molecule has 4 rings (SSSR count). The van der Waals surface area contributed by atoms with Crippen LogP contribution in [0.2, 0.25) is 5.02 Å². The van der Waals surface area contributed by atoms with Gasteiger partial charge in [0.1, 0.15) is 5.75 Å². The van der Waals surface area contributed by atoms with E-state index in [1.54, 1.807) is 25.3 Å². The van der Waals surface area contributed by atoms with Crippen LogP contribution >= 0.6 is 23.4 Å². The van der Waals surface area contributed by atoms with E-state index in [0.29, 0.717) is 16.7 Å². The Hall–Kier alpha value is -2.03. The number of amides is 1. The third kappa shape index (κ3) is 4.66. The van der Waals surface area contributed by atoms with E-state index in [9.17, 15) is 13.2 Å². The van der Waals surface area contributed by atoms with Crippen molar-refractivity contribution >= 4 is 44.3 Å². The molecule has 2 aromatic rings. The Labute approximate surface area is 185 Å². The first-order chi connectivity index (χ1) is 14.3. The maximum Gasteiger partial charge on any atom is 0.252 e. The predicted molar refractivity (Wildman–Crippen MR) is 120 cm³/mol. The van der Waals surface area contributed by atoms with Gasteiger partial charge in [0.05, 0.1) is 31.1 Å². The van der Waals surface area contributed by atoms with Crippen LogP contribution in [0.15, 0.2) is 53.5 Å². The molecule has 2 saturated heterocycles. The van der Waals surface area contributed by atoms with Gasteiger partial charge in [0, 0.05) is 16.8 Å². The SMILES string of the molecule is COc1ccc(CC(=O)N=C2SC3CS(=O)(=O)CC3N2Cc2ccccc2Cl)cc1. The predicted octanol–water partition coefficient (Wildman–Crippen LogP) is 3.19. The smallest absolute Gasteiger partial charge is 0.252 e. The second-order valence-electron chi connectivity index (χ2n) is 7.33. The van der Waals surface area contributed by atoms with Crippen LogP contribution in [0.3, 0.4) is 0 Å². The standard InChI is InChI=1S/C21H21ClN2O4S2/c1-28-16-8-6-14(7-9-16)10-20(25)23-21-24(11-15-4-2-3-5-17(15)22)18-12-30(26,27)13-19(18)29-21/h2-9,18-19H,10-13H2,1H3. The molecule has 1 amide bonds. The topological polar surface area (TPSA) is 76.0 Å². The number of benzene rings is 2. The monoisotopic (exact) mass is 464 g/mol. The molecule has 2 aromatic carbocycles. The number of aliphatic imine (C=N–C) groups is 1. The highest BCUT2D eigenvalue weighted by Crippen LogP contribution is 2.39. The Bertz CT molecular complexity index is 1090. The quantitative estimate of drug-likeness (QED) is 0.676. The molecule has 0 spiro atoms. The fraction of sp³-hybridized carbons (Fsp3) is 0.333. The summed E-state index contributed by atoms with van der Waals surface area (Å²) in [5, 5.41) is 1.05. The third-order valence-corrected chi connectivity index (χ3v) is 8.82. The minimum atomic E-state index is -3.10. The number of fused-ring (bicyclic) bond motifs is 1. The van der Waals surface area contributed by atoms with Gasteiger partial charge >= 0.3 is 0 Å². The Morgan fingerprint density at radius 2 is 1.93 bits per heavy atom. The van der Waals surface area contributed by atoms with Gasteiger partial charge in [0.25, 0.3) is 5.91 Å². The molecule has 2 heterocycles. The molecule has 0 bridgehead atoms. The molecule has 6 nitrogen and oxygen atoms in total. The Balaban J connectivity index is 1.56. The largest absolute Gasteiger partial charge is 0.497 e. The number of carbonyl (C=O) groups excluding carboxylic acids is 1. The van der Waals surface area contributed by atoms with Crippen molar-refractivity contribution in [3.63, 3.8) is 0 Å². The summed E-state index contributed by atoms with van der Waals surface area (Å²) in [4.78, 5) is 18.9. The van der Waals surface area contributed by atoms with E-state index < -0.39 is 9.84 Å². The molecule has 0 aliphatic carbocycles. The zero-order valence-corrected chi connectivity index (χ0v) is 18.7. The van der Waals surface area contributed by atoms with Gasteiger partial charge in [-0.3, -0.25) is 4.79 Å². The summed E-state index contributed by atoms with van der Waals surface area (Å²) < 4.78 is 29.4. The van der Waals surface area contributed by atoms with Crippen LogP contribution < -0.4 is 4.74 Å². The van der Waals surface area contributed by atoms with Crippen LogP contribution in [0, 0.1) is 0 Å². The van der Waals surface area contributed by atoms with Crippen LogP contribution in [-0.2, 0) is 27.6 Å². The molecular weight excluding hydrogens is 444 g/mol. The summed E-state index contributed by atoms with van der Waals surface area (Å²) in [5.74, 6) is 0.631. The first-order valence-electron chi connectivity index (χ1n) is 9.46. The van der Waals surface area contributed by atoms with Crippen LogP contribution in [0.5, 0.6) is 5.75 Å². The number of nitrogens with zero attached hydrogens (tertiary/aromatic N) is 2. The fourth-order valence-electron chi connectivity index (χ4n) is 3.69. The molecule has 30 heavy (non-hydrogen) atoms. The zero-order chi connectivity index (χ0) is 21.3. The third-order valence-electron chi connectivity index (χ3n) is 5.21. The number of hydrogen-bond acceptors (Lipinski definition) is 5. The van der Waals surface area contributed by atoms with Gasteiger partial charge in [-0.2, -0.15) is 4.99 Å². The van der Waals surface area contributed by atoms with Crippen LogP contribution in [-0.4, -0.2) is 54.3 Å². The van der Waals surface area contributed by atoms with Crippen LogP contribution in [0.4, 0.5) is 0 Å². The molecular formula is C21H21ClN2O4S2. The number of ether oxygens (including phenoxy) is 1. The summed E-state index contributed by atoms with van der Waals surface area (Å²) in [7, 11) is -1.50. The van der Waals surface area contributed by atoms with Crippen molar-refractivity contribution in [2.75, 3.05) is 18.6 Å². The van der Waals surface area contributed by atoms with Crippen molar-refractivity contribution in [2.45, 2.75) is 24.3 Å². The lowest BCUT2D eigenvalue weighted by molar-refractivity contribution is -0.117. The van der Waals surface area contributed by atoms with Gasteiger partial charge in [0.2, 0.25) is 0 Å². The maximum atomic E-state index is 12.6. The Morgan fingerprint density at radius 1 is 1.20 bits per heavy atom. The second-order valence-corrected chi connectivity index (χ2v) is 11.1. The molecule has 0 radical (unpaired) electrons. The van der Waals surface area contributed by atoms with Gasteiger partial charge in [-0.05, 0) is 29.3 Å². The summed E-state index contributed by atoms with van der Waals surface area (Å²) in [5.41, 5.74) is 1.72. The number of halogens is 1. The van der Waals surface area contributed by atoms with E-state index in [1.807, 2.05) is 35.2 Å². The first kappa shape index (κ1) is 21.2. The molecule has 2 fully saturated rings. The summed E-state index contributed by atoms with van der Waals surface area (Å²) in [6, 6.07) is 14.5. The molecule has 0 aromatic heterocycles. The van der Waals surface area contributed by atoms with Crippen molar-refractivity contribution in [3.05, 3.63) is 64.7 Å². The second kappa shape index (κ2) is 8.61. The van der Waals surface area contributed by atoms with Crippen molar-refractivity contribution in [3.8, 4) is 5.75 Å². The van der Waals surface area contributed by atoms with E-state index in [4.69, 9.17) is 16.3 Å². The molecule has 2 atom stereocenters. The van der Waals surface area contributed by atoms with Crippen LogP contribution in [0.1, 0.15) is 11.1 Å². The molecule has 9 heteroatoms. The number of rotatable bonds is 5. The van der Waals surface area contributed by atoms with Crippen molar-refractivity contribution < 1.29 is 17.9 Å². The normalized spacial score (nSPS) is 23.5. The van der Waals surface area contributed by atoms with E-state index in [1.165, 1.54) is 11.8 Å². The number of amidine groups is 1. The van der Waals surface area contributed by atoms with Gasteiger partial charge in [-0.1, -0.05) is 53.7 Å². The first-order valence-corrected chi connectivity index (χ1v) is 12.5. The fourth-order valence-corrected chi connectivity index (χ4v) is 7.86. The lowest BCUT2D eigenvalue weighted by atomic mass is 10.1. The number of sulfone groups is 1.